The Morgan fingerprint density at radius 3 is 1.22 bits per heavy atom. The lowest BCUT2D eigenvalue weighted by Crippen LogP contribution is -2.29. The Bertz CT molecular complexity index is 2500. The van der Waals surface area contributed by atoms with Gasteiger partial charge in [-0.25, -0.2) is 26.3 Å². The van der Waals surface area contributed by atoms with Crippen molar-refractivity contribution >= 4 is 11.4 Å². The molecule has 0 bridgehead atoms. The first-order valence-electron chi connectivity index (χ1n) is 24.8. The van der Waals surface area contributed by atoms with Crippen molar-refractivity contribution in [2.24, 2.45) is 33.9 Å². The van der Waals surface area contributed by atoms with Crippen LogP contribution in [0.25, 0.3) is 0 Å². The van der Waals surface area contributed by atoms with E-state index in [0.29, 0.717) is 34.5 Å². The summed E-state index contributed by atoms with van der Waals surface area (Å²) in [5.41, 5.74) is 11.1. The van der Waals surface area contributed by atoms with Crippen LogP contribution in [0.2, 0.25) is 0 Å². The largest absolute Gasteiger partial charge is 0.418 e. The van der Waals surface area contributed by atoms with Crippen LogP contribution >= 0.6 is 0 Å². The van der Waals surface area contributed by atoms with Crippen LogP contribution in [0.4, 0.5) is 52.7 Å². The third-order valence-corrected chi connectivity index (χ3v) is 11.4. The highest BCUT2D eigenvalue weighted by Gasteiger charge is 2.39. The van der Waals surface area contributed by atoms with Gasteiger partial charge in [-0.2, -0.15) is 36.5 Å². The second-order valence-corrected chi connectivity index (χ2v) is 20.1. The molecule has 0 amide bonds. The summed E-state index contributed by atoms with van der Waals surface area (Å²) in [6, 6.07) is 9.12. The minimum atomic E-state index is -4.37. The van der Waals surface area contributed by atoms with E-state index in [9.17, 15) is 52.7 Å². The molecule has 426 valence electrons. The van der Waals surface area contributed by atoms with Gasteiger partial charge in [-0.05, 0) is 126 Å². The van der Waals surface area contributed by atoms with E-state index in [1.54, 1.807) is 40.8 Å². The zero-order valence-electron chi connectivity index (χ0n) is 46.7. The average Bonchev–Trinajstić information content (AvgIpc) is 3.31. The highest BCUT2D eigenvalue weighted by molar-refractivity contribution is 6.03. The molecule has 0 radical (unpaired) electrons. The molecule has 0 fully saturated rings. The SMILES string of the molecule is C=C1C=C(C(F)(F)F)C(C(C)C)=CN1.C=C1C=C(C(F)(F)F)C(C(C)C)=NN1.C=C1C=C(C(F)F)C(C(C)C)=CN1.C=C1C=C(C(F)F)C(C(C)C)=NN1.Cc1cc(C(C)C)cc(C)c1F.Cc1cc(C(C)C)ccc1F. The van der Waals surface area contributed by atoms with Crippen LogP contribution in [0.1, 0.15) is 123 Å². The van der Waals surface area contributed by atoms with Gasteiger partial charge in [0.15, 0.2) is 0 Å². The first-order valence-corrected chi connectivity index (χ1v) is 24.8. The molecule has 0 aromatic heterocycles. The van der Waals surface area contributed by atoms with E-state index in [1.807, 2.05) is 65.8 Å². The van der Waals surface area contributed by atoms with Crippen molar-refractivity contribution in [2.45, 2.75) is 141 Å². The monoisotopic (exact) mass is 1100 g/mol. The van der Waals surface area contributed by atoms with Gasteiger partial charge in [0.05, 0.1) is 22.6 Å². The second-order valence-electron chi connectivity index (χ2n) is 20.1. The molecule has 2 aromatic carbocycles. The molecule has 0 spiro atoms. The highest BCUT2D eigenvalue weighted by Crippen LogP contribution is 2.37. The zero-order chi connectivity index (χ0) is 59.6. The number of alkyl halides is 10. The lowest BCUT2D eigenvalue weighted by Gasteiger charge is -2.22. The fourth-order valence-electron chi connectivity index (χ4n) is 7.13. The molecule has 0 saturated carbocycles. The van der Waals surface area contributed by atoms with Crippen LogP contribution in [0.15, 0.2) is 160 Å². The molecular weight excluding hydrogens is 1020 g/mol. The predicted molar refractivity (Wildman–Crippen MR) is 291 cm³/mol. The number of hydrogen-bond acceptors (Lipinski definition) is 6. The molecule has 2 aromatic rings. The van der Waals surface area contributed by atoms with E-state index in [-0.39, 0.29) is 69.1 Å². The lowest BCUT2D eigenvalue weighted by molar-refractivity contribution is -0.0904. The van der Waals surface area contributed by atoms with E-state index in [4.69, 9.17) is 0 Å². The fraction of sp³-hybridized carbons (Fsp3) is 0.424. The molecule has 18 heteroatoms. The Morgan fingerprint density at radius 2 is 0.818 bits per heavy atom. The van der Waals surface area contributed by atoms with Gasteiger partial charge in [-0.3, -0.25) is 10.9 Å². The normalized spacial score (nSPS) is 15.5. The van der Waals surface area contributed by atoms with Crippen molar-refractivity contribution < 1.29 is 52.7 Å². The maximum absolute atomic E-state index is 13.2. The molecule has 4 aliphatic heterocycles. The Hall–Kier alpha value is -6.46. The van der Waals surface area contributed by atoms with Gasteiger partial charge in [0.2, 0.25) is 0 Å². The minimum absolute atomic E-state index is 0.0131. The summed E-state index contributed by atoms with van der Waals surface area (Å²) in [6.45, 7) is 42.0. The van der Waals surface area contributed by atoms with Gasteiger partial charge in [0.1, 0.15) is 11.6 Å². The molecule has 4 N–H and O–H groups in total. The highest BCUT2D eigenvalue weighted by atomic mass is 19.4. The minimum Gasteiger partial charge on any atom is -0.362 e. The van der Waals surface area contributed by atoms with Crippen LogP contribution in [0.5, 0.6) is 0 Å². The second kappa shape index (κ2) is 30.5. The van der Waals surface area contributed by atoms with Gasteiger partial charge in [-0.1, -0.05) is 134 Å². The van der Waals surface area contributed by atoms with Gasteiger partial charge in [0.25, 0.3) is 12.9 Å². The summed E-state index contributed by atoms with van der Waals surface area (Å²) < 4.78 is 151. The number of aryl methyl sites for hydroxylation is 3. The summed E-state index contributed by atoms with van der Waals surface area (Å²) >= 11 is 0. The number of hydrazone groups is 2. The smallest absolute Gasteiger partial charge is 0.362 e. The van der Waals surface area contributed by atoms with Crippen LogP contribution in [0, 0.1) is 56.1 Å². The Kier molecular flexibility index (Phi) is 27.1. The van der Waals surface area contributed by atoms with Crippen LogP contribution < -0.4 is 21.5 Å². The van der Waals surface area contributed by atoms with Crippen molar-refractivity contribution in [3.8, 4) is 0 Å². The molecule has 4 aliphatic rings. The zero-order valence-corrected chi connectivity index (χ0v) is 46.7. The third kappa shape index (κ3) is 22.6. The van der Waals surface area contributed by atoms with Crippen molar-refractivity contribution in [1.82, 2.24) is 21.5 Å². The van der Waals surface area contributed by atoms with E-state index in [2.05, 4.69) is 85.7 Å². The van der Waals surface area contributed by atoms with E-state index in [1.165, 1.54) is 35.5 Å². The first-order chi connectivity index (χ1) is 35.3. The van der Waals surface area contributed by atoms with Gasteiger partial charge in [0, 0.05) is 46.3 Å². The lowest BCUT2D eigenvalue weighted by atomic mass is 9.93. The quantitative estimate of drug-likeness (QED) is 0.199. The van der Waals surface area contributed by atoms with Crippen LogP contribution in [-0.2, 0) is 0 Å². The van der Waals surface area contributed by atoms with Crippen molar-refractivity contribution in [3.63, 3.8) is 0 Å². The van der Waals surface area contributed by atoms with Gasteiger partial charge >= 0.3 is 12.4 Å². The number of hydrogen-bond donors (Lipinski definition) is 4. The maximum atomic E-state index is 13.2. The maximum Gasteiger partial charge on any atom is 0.418 e. The molecule has 4 heterocycles. The van der Waals surface area contributed by atoms with Gasteiger partial charge < -0.3 is 10.6 Å². The Balaban J connectivity index is 0.000000463. The number of rotatable bonds is 8. The Morgan fingerprint density at radius 1 is 0.429 bits per heavy atom. The van der Waals surface area contributed by atoms with Gasteiger partial charge in [-0.15, -0.1) is 0 Å². The molecule has 0 atom stereocenters. The standard InChI is InChI=1S/C11H15F.C10H12F3N.C10H13F2N.C10H13F.C9H11F3N2.C9H12F2N2/c1-7(2)10-5-8(3)11(12)9(4)6-10;1-6(2)8-5-14-7(3)4-9(8)10(11,12)13;1-6(2)9-5-13-7(3)4-8(9)10(11)12;1-7(2)9-4-5-10(11)8(3)6-9;1-5(2)8-7(9(10,11)12)4-6(3)13-14-8;1-5(2)8-7(9(10)11)4-6(3)12-13-8/h5-7H,1-4H3;4-6,14H,3H2,1-2H3;4-6,10,13H,3H2,1-2H3;4-7H,1-3H3;4-5,13H,3H2,1-2H3;4-5,9,12H,3H2,1-2H3. The molecule has 0 unspecified atom stereocenters. The van der Waals surface area contributed by atoms with Crippen LogP contribution in [-0.4, -0.2) is 36.6 Å². The molecular formula is C59H76F12N6. The molecule has 0 saturated heterocycles. The summed E-state index contributed by atoms with van der Waals surface area (Å²) in [5.74, 6) is 0.416. The summed E-state index contributed by atoms with van der Waals surface area (Å²) in [6.07, 6.45) is -5.85. The molecule has 77 heavy (non-hydrogen) atoms. The Labute approximate surface area is 448 Å². The number of allylic oxidation sites excluding steroid dienone is 10. The van der Waals surface area contributed by atoms with Crippen molar-refractivity contribution in [3.05, 3.63) is 189 Å². The average molecular weight is 1100 g/mol. The molecule has 6 nitrogen and oxygen atoms in total. The fourth-order valence-corrected chi connectivity index (χ4v) is 7.13. The summed E-state index contributed by atoms with van der Waals surface area (Å²) in [4.78, 5) is 0. The summed E-state index contributed by atoms with van der Waals surface area (Å²) in [5, 5.41) is 13.0. The van der Waals surface area contributed by atoms with Crippen molar-refractivity contribution in [1.29, 1.82) is 0 Å². The number of benzene rings is 2. The number of nitrogens with zero attached hydrogens (tertiary/aromatic N) is 2. The molecule has 6 rings (SSSR count). The first kappa shape index (κ1) is 68.6. The number of nitrogens with one attached hydrogen (secondary N) is 4. The number of dihydropyridines is 2. The molecule has 0 aliphatic carbocycles. The topological polar surface area (TPSA) is 72.8 Å². The van der Waals surface area contributed by atoms with E-state index >= 15 is 0 Å². The number of halogens is 12. The third-order valence-electron chi connectivity index (χ3n) is 11.4. The van der Waals surface area contributed by atoms with Crippen LogP contribution in [0.3, 0.4) is 0 Å². The predicted octanol–water partition coefficient (Wildman–Crippen LogP) is 17.7. The summed E-state index contributed by atoms with van der Waals surface area (Å²) in [7, 11) is 0. The van der Waals surface area contributed by atoms with Crippen molar-refractivity contribution in [2.75, 3.05) is 0 Å². The van der Waals surface area contributed by atoms with E-state index < -0.39 is 36.3 Å². The van der Waals surface area contributed by atoms with E-state index in [0.717, 1.165) is 28.8 Å².